The number of aliphatic hydroxyl groups excluding tert-OH is 2. The number of hydrogen-bond acceptors (Lipinski definition) is 11. The van der Waals surface area contributed by atoms with E-state index in [4.69, 9.17) is 9.97 Å². The van der Waals surface area contributed by atoms with Crippen molar-refractivity contribution >= 4 is 43.2 Å². The number of nitrogens with one attached hydrogen (secondary N) is 2. The maximum absolute atomic E-state index is 11.9. The molecular formula is C26H34N6O4S2. The van der Waals surface area contributed by atoms with Gasteiger partial charge in [0.2, 0.25) is 5.95 Å². The van der Waals surface area contributed by atoms with E-state index in [9.17, 15) is 18.6 Å². The molecule has 5 atom stereocenters. The number of rotatable bonds is 9. The van der Waals surface area contributed by atoms with Crippen molar-refractivity contribution in [3.63, 3.8) is 0 Å². The molecule has 3 aromatic rings. The minimum Gasteiger partial charge on any atom is -0.390 e. The third-order valence-electron chi connectivity index (χ3n) is 8.17. The molecule has 3 aromatic heterocycles. The Hall–Kier alpha value is -2.41. The Morgan fingerprint density at radius 3 is 2.61 bits per heavy atom. The van der Waals surface area contributed by atoms with Gasteiger partial charge in [0.05, 0.1) is 33.9 Å². The molecule has 3 heterocycles. The molecule has 5 unspecified atom stereocenters. The first-order valence-electron chi connectivity index (χ1n) is 13.4. The number of nitrogens with zero attached hydrogens (tertiary/aromatic N) is 4. The molecule has 0 spiro atoms. The van der Waals surface area contributed by atoms with E-state index in [2.05, 4.69) is 27.5 Å². The molecule has 0 radical (unpaired) electrons. The van der Waals surface area contributed by atoms with Crippen molar-refractivity contribution in [2.75, 3.05) is 22.6 Å². The SMILES string of the molecule is CC(Nc1ncc(-c2nc3c(C4CC4)nccc3s2)c(NC2CC(CS(C)(=O)=O)C(O)C2O)n1)C1CCC1. The molecule has 3 fully saturated rings. The molecule has 10 nitrogen and oxygen atoms in total. The quantitative estimate of drug-likeness (QED) is 0.308. The van der Waals surface area contributed by atoms with Gasteiger partial charge in [0.1, 0.15) is 32.3 Å². The van der Waals surface area contributed by atoms with Crippen LogP contribution in [0.2, 0.25) is 0 Å². The predicted molar refractivity (Wildman–Crippen MR) is 148 cm³/mol. The van der Waals surface area contributed by atoms with E-state index in [0.29, 0.717) is 35.6 Å². The summed E-state index contributed by atoms with van der Waals surface area (Å²) in [6.07, 6.45) is 8.64. The lowest BCUT2D eigenvalue weighted by Crippen LogP contribution is -2.36. The summed E-state index contributed by atoms with van der Waals surface area (Å²) < 4.78 is 24.8. The third kappa shape index (κ3) is 5.23. The smallest absolute Gasteiger partial charge is 0.224 e. The van der Waals surface area contributed by atoms with Gasteiger partial charge in [-0.15, -0.1) is 11.3 Å². The zero-order valence-corrected chi connectivity index (χ0v) is 23.2. The Balaban J connectivity index is 1.33. The van der Waals surface area contributed by atoms with E-state index in [0.717, 1.165) is 40.0 Å². The van der Waals surface area contributed by atoms with Gasteiger partial charge < -0.3 is 20.8 Å². The molecule has 4 N–H and O–H groups in total. The van der Waals surface area contributed by atoms with Gasteiger partial charge in [-0.3, -0.25) is 4.98 Å². The van der Waals surface area contributed by atoms with Crippen LogP contribution in [-0.4, -0.2) is 74.9 Å². The van der Waals surface area contributed by atoms with Crippen LogP contribution in [0.1, 0.15) is 57.1 Å². The fourth-order valence-corrected chi connectivity index (χ4v) is 7.71. The van der Waals surface area contributed by atoms with Gasteiger partial charge in [-0.25, -0.2) is 18.4 Å². The second-order valence-electron chi connectivity index (χ2n) is 11.2. The second-order valence-corrected chi connectivity index (χ2v) is 14.5. The van der Waals surface area contributed by atoms with Crippen molar-refractivity contribution < 1.29 is 18.6 Å². The highest BCUT2D eigenvalue weighted by Crippen LogP contribution is 2.44. The first-order chi connectivity index (χ1) is 18.2. The lowest BCUT2D eigenvalue weighted by Gasteiger charge is -2.32. The van der Waals surface area contributed by atoms with E-state index in [-0.39, 0.29) is 11.8 Å². The molecule has 0 aromatic carbocycles. The number of sulfone groups is 1. The molecule has 38 heavy (non-hydrogen) atoms. The van der Waals surface area contributed by atoms with Crippen LogP contribution in [0.25, 0.3) is 20.8 Å². The third-order valence-corrected chi connectivity index (χ3v) is 10.3. The van der Waals surface area contributed by atoms with Crippen LogP contribution in [0.15, 0.2) is 18.5 Å². The Kier molecular flexibility index (Phi) is 6.78. The molecule has 204 valence electrons. The lowest BCUT2D eigenvalue weighted by molar-refractivity contribution is 0.0216. The largest absolute Gasteiger partial charge is 0.390 e. The van der Waals surface area contributed by atoms with Crippen molar-refractivity contribution in [1.29, 1.82) is 0 Å². The first kappa shape index (κ1) is 25.8. The monoisotopic (exact) mass is 558 g/mol. The molecule has 0 saturated heterocycles. The average molecular weight is 559 g/mol. The van der Waals surface area contributed by atoms with E-state index in [1.165, 1.54) is 19.3 Å². The van der Waals surface area contributed by atoms with Crippen molar-refractivity contribution in [3.8, 4) is 10.6 Å². The molecule has 0 amide bonds. The molecule has 12 heteroatoms. The van der Waals surface area contributed by atoms with Gasteiger partial charge in [-0.2, -0.15) is 4.98 Å². The minimum absolute atomic E-state index is 0.180. The highest BCUT2D eigenvalue weighted by atomic mass is 32.2. The number of thiazole rings is 1. The lowest BCUT2D eigenvalue weighted by atomic mass is 9.80. The van der Waals surface area contributed by atoms with Gasteiger partial charge in [-0.1, -0.05) is 6.42 Å². The van der Waals surface area contributed by atoms with Crippen LogP contribution in [0.4, 0.5) is 11.8 Å². The van der Waals surface area contributed by atoms with Crippen molar-refractivity contribution in [2.45, 2.75) is 75.7 Å². The maximum atomic E-state index is 11.9. The fraction of sp³-hybridized carbons (Fsp3) is 0.615. The Morgan fingerprint density at radius 2 is 1.92 bits per heavy atom. The van der Waals surface area contributed by atoms with Crippen LogP contribution < -0.4 is 10.6 Å². The standard InChI is InChI=1S/C26H34N6O4S2/c1-13(14-4-3-5-14)29-26-28-11-17(25-31-21-19(37-25)8-9-27-20(21)15-6-7-15)24(32-26)30-18-10-16(12-38(2,35)36)22(33)23(18)34/h8-9,11,13-16,18,22-23,33-34H,3-7,10,12H2,1-2H3,(H2,28,29,30,32). The summed E-state index contributed by atoms with van der Waals surface area (Å²) in [7, 11) is -3.31. The Labute approximate surface area is 226 Å². The summed E-state index contributed by atoms with van der Waals surface area (Å²) in [4.78, 5) is 18.9. The fourth-order valence-electron chi connectivity index (χ4n) is 5.62. The van der Waals surface area contributed by atoms with Crippen LogP contribution in [0.3, 0.4) is 0 Å². The number of fused-ring (bicyclic) bond motifs is 1. The molecule has 0 aliphatic heterocycles. The van der Waals surface area contributed by atoms with Gasteiger partial charge >= 0.3 is 0 Å². The molecule has 0 bridgehead atoms. The van der Waals surface area contributed by atoms with E-state index < -0.39 is 34.0 Å². The van der Waals surface area contributed by atoms with Crippen LogP contribution in [0.5, 0.6) is 0 Å². The average Bonchev–Trinajstić information content (AvgIpc) is 3.52. The minimum atomic E-state index is -3.31. The highest BCUT2D eigenvalue weighted by Gasteiger charge is 2.43. The zero-order valence-electron chi connectivity index (χ0n) is 21.5. The van der Waals surface area contributed by atoms with E-state index in [1.54, 1.807) is 17.5 Å². The van der Waals surface area contributed by atoms with E-state index >= 15 is 0 Å². The van der Waals surface area contributed by atoms with Crippen molar-refractivity contribution in [3.05, 3.63) is 24.2 Å². The Bertz CT molecular complexity index is 1440. The zero-order chi connectivity index (χ0) is 26.6. The van der Waals surface area contributed by atoms with Gasteiger partial charge in [0.25, 0.3) is 0 Å². The summed E-state index contributed by atoms with van der Waals surface area (Å²) in [6.45, 7) is 2.14. The summed E-state index contributed by atoms with van der Waals surface area (Å²) in [5.74, 6) is 1.30. The van der Waals surface area contributed by atoms with Crippen LogP contribution >= 0.6 is 11.3 Å². The molecule has 3 aliphatic rings. The van der Waals surface area contributed by atoms with Crippen LogP contribution in [-0.2, 0) is 9.84 Å². The maximum Gasteiger partial charge on any atom is 0.224 e. The summed E-state index contributed by atoms with van der Waals surface area (Å²) in [5, 5.41) is 28.9. The van der Waals surface area contributed by atoms with Gasteiger partial charge in [-0.05, 0) is 51.0 Å². The van der Waals surface area contributed by atoms with Crippen molar-refractivity contribution in [2.24, 2.45) is 11.8 Å². The number of hydrogen-bond donors (Lipinski definition) is 4. The van der Waals surface area contributed by atoms with Crippen molar-refractivity contribution in [1.82, 2.24) is 19.9 Å². The summed E-state index contributed by atoms with van der Waals surface area (Å²) in [6, 6.07) is 1.63. The highest BCUT2D eigenvalue weighted by molar-refractivity contribution is 7.90. The second kappa shape index (κ2) is 9.96. The topological polar surface area (TPSA) is 150 Å². The Morgan fingerprint density at radius 1 is 1.13 bits per heavy atom. The predicted octanol–water partition coefficient (Wildman–Crippen LogP) is 3.19. The number of aliphatic hydroxyl groups is 2. The molecular weight excluding hydrogens is 524 g/mol. The normalized spacial score (nSPS) is 26.8. The number of aromatic nitrogens is 4. The first-order valence-corrected chi connectivity index (χ1v) is 16.2. The summed E-state index contributed by atoms with van der Waals surface area (Å²) >= 11 is 1.55. The van der Waals surface area contributed by atoms with E-state index in [1.807, 2.05) is 12.3 Å². The molecule has 3 aliphatic carbocycles. The van der Waals surface area contributed by atoms with Gasteiger partial charge in [0, 0.05) is 36.5 Å². The number of anilines is 2. The number of pyridine rings is 1. The summed E-state index contributed by atoms with van der Waals surface area (Å²) in [5.41, 5.74) is 2.64. The molecule has 6 rings (SSSR count). The molecule has 3 saturated carbocycles. The van der Waals surface area contributed by atoms with Gasteiger partial charge in [0.15, 0.2) is 0 Å². The van der Waals surface area contributed by atoms with Crippen LogP contribution in [0, 0.1) is 11.8 Å².